The minimum Gasteiger partial charge on any atom is -0.308 e. The van der Waals surface area contributed by atoms with Crippen LogP contribution >= 0.6 is 0 Å². The van der Waals surface area contributed by atoms with Gasteiger partial charge in [0.25, 0.3) is 0 Å². The summed E-state index contributed by atoms with van der Waals surface area (Å²) in [6.45, 7) is 0. The van der Waals surface area contributed by atoms with E-state index >= 15 is 0 Å². The van der Waals surface area contributed by atoms with Crippen LogP contribution in [0.5, 0.6) is 0 Å². The third-order valence-electron chi connectivity index (χ3n) is 8.11. The molecule has 4 heterocycles. The Morgan fingerprint density at radius 2 is 0.737 bits per heavy atom. The van der Waals surface area contributed by atoms with Crippen LogP contribution in [-0.2, 0) is 0 Å². The van der Waals surface area contributed by atoms with Gasteiger partial charge in [-0.25, -0.2) is 4.98 Å². The van der Waals surface area contributed by atoms with E-state index in [0.29, 0.717) is 0 Å². The van der Waals surface area contributed by atoms with Gasteiger partial charge in [0.05, 0.1) is 27.6 Å². The van der Waals surface area contributed by atoms with E-state index < -0.39 is 0 Å². The highest BCUT2D eigenvalue weighted by Gasteiger charge is 2.17. The zero-order valence-electron chi connectivity index (χ0n) is 20.5. The highest BCUT2D eigenvalue weighted by molar-refractivity contribution is 6.24. The van der Waals surface area contributed by atoms with Crippen LogP contribution in [-0.4, -0.2) is 13.8 Å². The van der Waals surface area contributed by atoms with Crippen molar-refractivity contribution >= 4 is 76.3 Å². The lowest BCUT2D eigenvalue weighted by molar-refractivity contribution is 1.26. The van der Waals surface area contributed by atoms with Gasteiger partial charge < -0.3 is 4.40 Å². The van der Waals surface area contributed by atoms with Crippen LogP contribution in [0.3, 0.4) is 0 Å². The Morgan fingerprint density at radius 1 is 0.342 bits per heavy atom. The smallest absolute Gasteiger partial charge is 0.145 e. The Kier molecular flexibility index (Phi) is 3.79. The monoisotopic (exact) mass is 483 g/mol. The lowest BCUT2D eigenvalue weighted by Crippen LogP contribution is -1.92. The second-order valence-electron chi connectivity index (χ2n) is 10.0. The Hall–Kier alpha value is -5.15. The van der Waals surface area contributed by atoms with E-state index in [1.54, 1.807) is 0 Å². The van der Waals surface area contributed by atoms with E-state index in [4.69, 9.17) is 4.98 Å². The second kappa shape index (κ2) is 7.21. The van der Waals surface area contributed by atoms with Gasteiger partial charge in [-0.05, 0) is 30.3 Å². The molecule has 9 aromatic rings. The van der Waals surface area contributed by atoms with Crippen molar-refractivity contribution in [2.45, 2.75) is 0 Å². The minimum absolute atomic E-state index is 0.980. The molecule has 0 amide bonds. The molecular weight excluding hydrogens is 462 g/mol. The predicted octanol–water partition coefficient (Wildman–Crippen LogP) is 9.07. The molecule has 9 rings (SSSR count). The van der Waals surface area contributed by atoms with Gasteiger partial charge in [-0.1, -0.05) is 91.0 Å². The number of benzene rings is 5. The van der Waals surface area contributed by atoms with Crippen LogP contribution < -0.4 is 0 Å². The Morgan fingerprint density at radius 3 is 1.29 bits per heavy atom. The number of para-hydroxylation sites is 5. The molecule has 0 saturated heterocycles. The van der Waals surface area contributed by atoms with Crippen molar-refractivity contribution in [3.8, 4) is 0 Å². The highest BCUT2D eigenvalue weighted by atomic mass is 15.0. The maximum Gasteiger partial charge on any atom is 0.145 e. The fourth-order valence-electron chi connectivity index (χ4n) is 6.62. The zero-order chi connectivity index (χ0) is 24.8. The van der Waals surface area contributed by atoms with E-state index in [9.17, 15) is 0 Å². The van der Waals surface area contributed by atoms with Crippen LogP contribution in [0.15, 0.2) is 128 Å². The molecule has 4 aromatic heterocycles. The van der Waals surface area contributed by atoms with Crippen LogP contribution in [0.2, 0.25) is 0 Å². The van der Waals surface area contributed by atoms with Gasteiger partial charge in [-0.3, -0.25) is 4.40 Å². The molecule has 0 aliphatic carbocycles. The topological polar surface area (TPSA) is 21.7 Å². The first-order chi connectivity index (χ1) is 18.9. The number of pyridine rings is 1. The quantitative estimate of drug-likeness (QED) is 0.211. The number of rotatable bonds is 0. The summed E-state index contributed by atoms with van der Waals surface area (Å²) in [4.78, 5) is 4.93. The third-order valence-corrected chi connectivity index (χ3v) is 8.11. The summed E-state index contributed by atoms with van der Waals surface area (Å²) in [6, 6.07) is 44.0. The summed E-state index contributed by atoms with van der Waals surface area (Å²) in [5.41, 5.74) is 6.94. The van der Waals surface area contributed by atoms with Gasteiger partial charge >= 0.3 is 0 Å². The average molecular weight is 484 g/mol. The molecule has 0 spiro atoms. The lowest BCUT2D eigenvalue weighted by Gasteiger charge is -2.10. The molecule has 0 N–H and O–H groups in total. The first-order valence-electron chi connectivity index (χ1n) is 13.0. The highest BCUT2D eigenvalue weighted by Crippen LogP contribution is 2.39. The van der Waals surface area contributed by atoms with Crippen LogP contribution in [0.25, 0.3) is 76.3 Å². The summed E-state index contributed by atoms with van der Waals surface area (Å²) in [6.07, 6.45) is 1.90. The Bertz CT molecular complexity index is 2280. The fourth-order valence-corrected chi connectivity index (χ4v) is 6.62. The zero-order valence-corrected chi connectivity index (χ0v) is 20.5. The van der Waals surface area contributed by atoms with E-state index in [-0.39, 0.29) is 0 Å². The standard InChI is InChI=1S/C35H21N3/c1-4-18-30-22(10-1)25-13-7-14-26-24-12-3-6-20-32(24)38-34-27(23-11-2-5-19-31(23)37(30)33(25)26)15-8-16-28(34)29-17-9-21-36-35(29)38/h1-21H. The van der Waals surface area contributed by atoms with Crippen LogP contribution in [0, 0.1) is 0 Å². The Balaban J connectivity index is 1.81. The van der Waals surface area contributed by atoms with Crippen molar-refractivity contribution in [3.05, 3.63) is 128 Å². The molecule has 3 heteroatoms. The maximum atomic E-state index is 4.93. The molecule has 0 aliphatic heterocycles. The first-order valence-corrected chi connectivity index (χ1v) is 13.0. The molecule has 0 atom stereocenters. The summed E-state index contributed by atoms with van der Waals surface area (Å²) in [5.74, 6) is 0. The molecular formula is C35H21N3. The van der Waals surface area contributed by atoms with E-state index in [0.717, 1.165) is 11.2 Å². The molecule has 0 saturated carbocycles. The molecule has 5 aromatic carbocycles. The Labute approximate surface area is 217 Å². The molecule has 0 aliphatic rings. The molecule has 38 heavy (non-hydrogen) atoms. The minimum atomic E-state index is 0.980. The summed E-state index contributed by atoms with van der Waals surface area (Å²) in [7, 11) is 0. The molecule has 176 valence electrons. The van der Waals surface area contributed by atoms with Gasteiger partial charge in [0.15, 0.2) is 0 Å². The van der Waals surface area contributed by atoms with Gasteiger partial charge in [0.1, 0.15) is 5.65 Å². The van der Waals surface area contributed by atoms with Crippen molar-refractivity contribution in [2.24, 2.45) is 0 Å². The number of hydrogen-bond donors (Lipinski definition) is 0. The van der Waals surface area contributed by atoms with Crippen molar-refractivity contribution in [2.75, 3.05) is 0 Å². The number of fused-ring (bicyclic) bond motifs is 12. The predicted molar refractivity (Wildman–Crippen MR) is 160 cm³/mol. The summed E-state index contributed by atoms with van der Waals surface area (Å²) < 4.78 is 4.85. The van der Waals surface area contributed by atoms with Crippen LogP contribution in [0.1, 0.15) is 0 Å². The second-order valence-corrected chi connectivity index (χ2v) is 10.0. The van der Waals surface area contributed by atoms with Crippen molar-refractivity contribution in [1.82, 2.24) is 13.8 Å². The number of nitrogens with zero attached hydrogens (tertiary/aromatic N) is 3. The lowest BCUT2D eigenvalue weighted by atomic mass is 10.1. The third kappa shape index (κ3) is 2.41. The van der Waals surface area contributed by atoms with Gasteiger partial charge in [-0.15, -0.1) is 0 Å². The van der Waals surface area contributed by atoms with Crippen LogP contribution in [0.4, 0.5) is 0 Å². The summed E-state index contributed by atoms with van der Waals surface area (Å²) >= 11 is 0. The van der Waals surface area contributed by atoms with Gasteiger partial charge in [0.2, 0.25) is 0 Å². The largest absolute Gasteiger partial charge is 0.308 e. The molecule has 0 bridgehead atoms. The number of hydrogen-bond acceptors (Lipinski definition) is 1. The van der Waals surface area contributed by atoms with Crippen molar-refractivity contribution < 1.29 is 0 Å². The average Bonchev–Trinajstić information content (AvgIpc) is 3.50. The molecule has 0 fully saturated rings. The SMILES string of the molecule is c1ccc2c(c1)c1cccc3c4ccccc4n4c5ncccc5c5cccc(c6ccccc6n2c13)c54. The fraction of sp³-hybridized carbons (Fsp3) is 0. The van der Waals surface area contributed by atoms with E-state index in [1.165, 1.54) is 65.2 Å². The van der Waals surface area contributed by atoms with E-state index in [2.05, 4.69) is 124 Å². The maximum absolute atomic E-state index is 4.93. The molecule has 0 radical (unpaired) electrons. The molecule has 3 nitrogen and oxygen atoms in total. The van der Waals surface area contributed by atoms with Gasteiger partial charge in [-0.2, -0.15) is 0 Å². The first kappa shape index (κ1) is 20.0. The number of aromatic nitrogens is 3. The normalized spacial score (nSPS) is 12.2. The van der Waals surface area contributed by atoms with Crippen molar-refractivity contribution in [3.63, 3.8) is 0 Å². The summed E-state index contributed by atoms with van der Waals surface area (Å²) in [5, 5.41) is 9.73. The van der Waals surface area contributed by atoms with Crippen molar-refractivity contribution in [1.29, 1.82) is 0 Å². The van der Waals surface area contributed by atoms with E-state index in [1.807, 2.05) is 12.3 Å². The molecule has 0 unspecified atom stereocenters. The van der Waals surface area contributed by atoms with Gasteiger partial charge in [0, 0.05) is 49.3 Å².